The molecule has 130 valence electrons. The summed E-state index contributed by atoms with van der Waals surface area (Å²) in [5.41, 5.74) is 7.59. The monoisotopic (exact) mass is 332 g/mol. The van der Waals surface area contributed by atoms with Gasteiger partial charge in [0.15, 0.2) is 0 Å². The van der Waals surface area contributed by atoms with Gasteiger partial charge in [-0.3, -0.25) is 4.79 Å². The minimum atomic E-state index is -0.529. The maximum atomic E-state index is 12.3. The van der Waals surface area contributed by atoms with Gasteiger partial charge in [-0.1, -0.05) is 0 Å². The lowest BCUT2D eigenvalue weighted by Gasteiger charge is -2.42. The standard InChI is InChI=1S/C17H24N4O3/c1-17(2,3)24-16(23)20-6-7-21-12(10-20)9-15(22)19-13-8-11(18)4-5-14(13)21/h4-5,8,12H,6-7,9-10,18H2,1-3H3,(H,19,22). The molecule has 7 nitrogen and oxygen atoms in total. The van der Waals surface area contributed by atoms with Crippen molar-refractivity contribution in [2.45, 2.75) is 38.8 Å². The summed E-state index contributed by atoms with van der Waals surface area (Å²) in [4.78, 5) is 28.4. The average molecular weight is 332 g/mol. The Labute approximate surface area is 141 Å². The molecule has 3 rings (SSSR count). The first kappa shape index (κ1) is 16.4. The Morgan fingerprint density at radius 2 is 2.08 bits per heavy atom. The summed E-state index contributed by atoms with van der Waals surface area (Å²) >= 11 is 0. The molecule has 1 unspecified atom stereocenters. The molecule has 0 bridgehead atoms. The number of rotatable bonds is 0. The summed E-state index contributed by atoms with van der Waals surface area (Å²) in [5, 5.41) is 2.91. The lowest BCUT2D eigenvalue weighted by atomic mass is 10.1. The van der Waals surface area contributed by atoms with Crippen LogP contribution in [-0.4, -0.2) is 48.2 Å². The Kier molecular flexibility index (Phi) is 4.03. The van der Waals surface area contributed by atoms with Gasteiger partial charge in [0.05, 0.1) is 17.4 Å². The second kappa shape index (κ2) is 5.89. The van der Waals surface area contributed by atoms with Crippen molar-refractivity contribution in [2.24, 2.45) is 0 Å². The van der Waals surface area contributed by atoms with Crippen LogP contribution in [0.3, 0.4) is 0 Å². The van der Waals surface area contributed by atoms with E-state index in [9.17, 15) is 9.59 Å². The van der Waals surface area contributed by atoms with Crippen molar-refractivity contribution in [3.63, 3.8) is 0 Å². The van der Waals surface area contributed by atoms with Crippen LogP contribution >= 0.6 is 0 Å². The number of nitrogens with zero attached hydrogens (tertiary/aromatic N) is 2. The summed E-state index contributed by atoms with van der Waals surface area (Å²) in [6.45, 7) is 7.22. The highest BCUT2D eigenvalue weighted by Crippen LogP contribution is 2.34. The molecule has 2 amide bonds. The number of hydrogen-bond donors (Lipinski definition) is 2. The molecule has 3 N–H and O–H groups in total. The fourth-order valence-corrected chi connectivity index (χ4v) is 3.16. The molecule has 1 atom stereocenters. The number of nitrogen functional groups attached to an aromatic ring is 1. The number of fused-ring (bicyclic) bond motifs is 3. The molecule has 0 aromatic heterocycles. The molecule has 7 heteroatoms. The number of nitrogens with one attached hydrogen (secondary N) is 1. The van der Waals surface area contributed by atoms with E-state index in [0.717, 1.165) is 11.4 Å². The topological polar surface area (TPSA) is 87.9 Å². The van der Waals surface area contributed by atoms with E-state index in [-0.39, 0.29) is 18.0 Å². The number of anilines is 3. The molecule has 2 heterocycles. The van der Waals surface area contributed by atoms with E-state index >= 15 is 0 Å². The molecule has 0 spiro atoms. The molecule has 1 fully saturated rings. The second-order valence-corrected chi connectivity index (χ2v) is 7.30. The zero-order valence-electron chi connectivity index (χ0n) is 14.3. The minimum Gasteiger partial charge on any atom is -0.444 e. The summed E-state index contributed by atoms with van der Waals surface area (Å²) in [6.07, 6.45) is -0.00206. The molecule has 1 aromatic rings. The summed E-state index contributed by atoms with van der Waals surface area (Å²) in [7, 11) is 0. The highest BCUT2D eigenvalue weighted by molar-refractivity contribution is 5.97. The molecule has 1 saturated heterocycles. The van der Waals surface area contributed by atoms with Gasteiger partial charge in [0.25, 0.3) is 0 Å². The average Bonchev–Trinajstić information content (AvgIpc) is 2.59. The predicted molar refractivity (Wildman–Crippen MR) is 93.0 cm³/mol. The van der Waals surface area contributed by atoms with Gasteiger partial charge in [0, 0.05) is 31.7 Å². The van der Waals surface area contributed by atoms with Crippen LogP contribution in [0.1, 0.15) is 27.2 Å². The van der Waals surface area contributed by atoms with Gasteiger partial charge in [-0.15, -0.1) is 0 Å². The Morgan fingerprint density at radius 1 is 1.33 bits per heavy atom. The Morgan fingerprint density at radius 3 is 2.79 bits per heavy atom. The molecule has 0 saturated carbocycles. The molecular weight excluding hydrogens is 308 g/mol. The van der Waals surface area contributed by atoms with Crippen molar-refractivity contribution in [1.29, 1.82) is 0 Å². The number of carbonyl (C=O) groups excluding carboxylic acids is 2. The van der Waals surface area contributed by atoms with Crippen LogP contribution in [0.4, 0.5) is 21.9 Å². The fourth-order valence-electron chi connectivity index (χ4n) is 3.16. The van der Waals surface area contributed by atoms with Crippen LogP contribution < -0.4 is 16.0 Å². The first-order chi connectivity index (χ1) is 11.2. The van der Waals surface area contributed by atoms with Gasteiger partial charge in [0.1, 0.15) is 5.60 Å². The van der Waals surface area contributed by atoms with Crippen LogP contribution in [0.25, 0.3) is 0 Å². The lowest BCUT2D eigenvalue weighted by molar-refractivity contribution is -0.116. The Hall–Kier alpha value is -2.44. The highest BCUT2D eigenvalue weighted by Gasteiger charge is 2.35. The molecule has 24 heavy (non-hydrogen) atoms. The van der Waals surface area contributed by atoms with Gasteiger partial charge in [-0.05, 0) is 39.0 Å². The van der Waals surface area contributed by atoms with Crippen molar-refractivity contribution in [1.82, 2.24) is 4.90 Å². The maximum absolute atomic E-state index is 12.3. The summed E-state index contributed by atoms with van der Waals surface area (Å²) in [6, 6.07) is 5.45. The number of nitrogens with two attached hydrogens (primary N) is 1. The first-order valence-corrected chi connectivity index (χ1v) is 8.17. The van der Waals surface area contributed by atoms with Crippen molar-refractivity contribution >= 4 is 29.1 Å². The number of ether oxygens (including phenoxy) is 1. The lowest BCUT2D eigenvalue weighted by Crippen LogP contribution is -2.55. The number of carbonyl (C=O) groups is 2. The third-order valence-electron chi connectivity index (χ3n) is 4.16. The molecule has 0 radical (unpaired) electrons. The number of benzene rings is 1. The van der Waals surface area contributed by atoms with Crippen LogP contribution in [-0.2, 0) is 9.53 Å². The SMILES string of the molecule is CC(C)(C)OC(=O)N1CCN2c3ccc(N)cc3NC(=O)CC2C1. The van der Waals surface area contributed by atoms with E-state index in [1.165, 1.54) is 0 Å². The van der Waals surface area contributed by atoms with Crippen LogP contribution in [0.15, 0.2) is 18.2 Å². The van der Waals surface area contributed by atoms with Crippen molar-refractivity contribution in [3.8, 4) is 0 Å². The van der Waals surface area contributed by atoms with Crippen molar-refractivity contribution in [2.75, 3.05) is 35.6 Å². The van der Waals surface area contributed by atoms with Gasteiger partial charge in [-0.2, -0.15) is 0 Å². The zero-order chi connectivity index (χ0) is 17.5. The molecule has 0 aliphatic carbocycles. The zero-order valence-corrected chi connectivity index (χ0v) is 14.3. The predicted octanol–water partition coefficient (Wildman–Crippen LogP) is 2.04. The van der Waals surface area contributed by atoms with E-state index in [2.05, 4.69) is 10.2 Å². The number of amides is 2. The summed E-state index contributed by atoms with van der Waals surface area (Å²) in [5.74, 6) is -0.0691. The Balaban J connectivity index is 1.81. The normalized spacial score (nSPS) is 20.6. The number of hydrogen-bond acceptors (Lipinski definition) is 5. The third kappa shape index (κ3) is 3.39. The first-order valence-electron chi connectivity index (χ1n) is 8.17. The highest BCUT2D eigenvalue weighted by atomic mass is 16.6. The molecular formula is C17H24N4O3. The molecule has 2 aliphatic rings. The minimum absolute atomic E-state index is 0.0691. The summed E-state index contributed by atoms with van der Waals surface area (Å²) < 4.78 is 5.45. The number of piperazine rings is 1. The van der Waals surface area contributed by atoms with E-state index in [0.29, 0.717) is 31.7 Å². The van der Waals surface area contributed by atoms with E-state index in [4.69, 9.17) is 10.5 Å². The van der Waals surface area contributed by atoms with E-state index in [1.807, 2.05) is 32.9 Å². The maximum Gasteiger partial charge on any atom is 0.410 e. The largest absolute Gasteiger partial charge is 0.444 e. The van der Waals surface area contributed by atoms with Crippen molar-refractivity contribution < 1.29 is 14.3 Å². The molecule has 1 aromatic carbocycles. The van der Waals surface area contributed by atoms with Crippen LogP contribution in [0.2, 0.25) is 0 Å². The van der Waals surface area contributed by atoms with Gasteiger partial charge in [0.2, 0.25) is 5.91 Å². The Bertz CT molecular complexity index is 668. The van der Waals surface area contributed by atoms with E-state index in [1.54, 1.807) is 11.0 Å². The quantitative estimate of drug-likeness (QED) is 0.710. The fraction of sp³-hybridized carbons (Fsp3) is 0.529. The van der Waals surface area contributed by atoms with Crippen LogP contribution in [0, 0.1) is 0 Å². The van der Waals surface area contributed by atoms with Gasteiger partial charge < -0.3 is 25.6 Å². The van der Waals surface area contributed by atoms with Gasteiger partial charge in [-0.25, -0.2) is 4.79 Å². The van der Waals surface area contributed by atoms with Crippen LogP contribution in [0.5, 0.6) is 0 Å². The smallest absolute Gasteiger partial charge is 0.410 e. The van der Waals surface area contributed by atoms with Crippen molar-refractivity contribution in [3.05, 3.63) is 18.2 Å². The van der Waals surface area contributed by atoms with E-state index < -0.39 is 5.60 Å². The molecule has 2 aliphatic heterocycles. The van der Waals surface area contributed by atoms with Gasteiger partial charge >= 0.3 is 6.09 Å². The third-order valence-corrected chi connectivity index (χ3v) is 4.16. The second-order valence-electron chi connectivity index (χ2n) is 7.30.